The van der Waals surface area contributed by atoms with E-state index in [0.717, 1.165) is 25.7 Å². The molecule has 2 saturated carbocycles. The maximum absolute atomic E-state index is 12.2. The van der Waals surface area contributed by atoms with Gasteiger partial charge in [-0.15, -0.1) is 0 Å². The van der Waals surface area contributed by atoms with Crippen molar-refractivity contribution in [1.29, 1.82) is 0 Å². The van der Waals surface area contributed by atoms with Crippen molar-refractivity contribution in [2.45, 2.75) is 68.8 Å². The second kappa shape index (κ2) is 3.23. The third kappa shape index (κ3) is 1.13. The molecule has 94 valence electrons. The lowest BCUT2D eigenvalue weighted by Gasteiger charge is -2.53. The van der Waals surface area contributed by atoms with Crippen LogP contribution in [0, 0.1) is 5.92 Å². The molecular formula is C13H20N2O2. The average molecular weight is 236 g/mol. The molecule has 2 aliphatic heterocycles. The van der Waals surface area contributed by atoms with Crippen molar-refractivity contribution in [1.82, 2.24) is 10.2 Å². The number of fused-ring (bicyclic) bond motifs is 7. The Labute approximate surface area is 101 Å². The van der Waals surface area contributed by atoms with Gasteiger partial charge in [-0.3, -0.25) is 9.69 Å². The van der Waals surface area contributed by atoms with Gasteiger partial charge in [-0.1, -0.05) is 12.8 Å². The van der Waals surface area contributed by atoms with E-state index < -0.39 is 5.72 Å². The van der Waals surface area contributed by atoms with Crippen LogP contribution in [0.3, 0.4) is 0 Å². The van der Waals surface area contributed by atoms with Crippen molar-refractivity contribution in [3.05, 3.63) is 0 Å². The zero-order valence-electron chi connectivity index (χ0n) is 10.1. The minimum absolute atomic E-state index is 0.118. The molecule has 5 atom stereocenters. The van der Waals surface area contributed by atoms with E-state index in [1.165, 1.54) is 19.3 Å². The first kappa shape index (κ1) is 10.3. The molecule has 4 nitrogen and oxygen atoms in total. The predicted octanol–water partition coefficient (Wildman–Crippen LogP) is 0.600. The Hall–Kier alpha value is -0.610. The van der Waals surface area contributed by atoms with Crippen LogP contribution in [0.15, 0.2) is 0 Å². The molecule has 0 spiro atoms. The van der Waals surface area contributed by atoms with Gasteiger partial charge in [0.25, 0.3) is 5.91 Å². The Morgan fingerprint density at radius 1 is 1.24 bits per heavy atom. The highest BCUT2D eigenvalue weighted by Crippen LogP contribution is 2.52. The Balaban J connectivity index is 1.75. The third-order valence-corrected chi connectivity index (χ3v) is 5.50. The van der Waals surface area contributed by atoms with Crippen molar-refractivity contribution in [3.63, 3.8) is 0 Å². The molecule has 17 heavy (non-hydrogen) atoms. The number of amides is 1. The van der Waals surface area contributed by atoms with Crippen LogP contribution < -0.4 is 5.32 Å². The first-order valence-corrected chi connectivity index (χ1v) is 7.03. The van der Waals surface area contributed by atoms with Crippen molar-refractivity contribution in [3.8, 4) is 0 Å². The van der Waals surface area contributed by atoms with E-state index in [9.17, 15) is 9.90 Å². The molecule has 2 N–H and O–H groups in total. The average Bonchev–Trinajstić information content (AvgIpc) is 2.89. The summed E-state index contributed by atoms with van der Waals surface area (Å²) in [5.41, 5.74) is -1.17. The van der Waals surface area contributed by atoms with Crippen LogP contribution in [0.4, 0.5) is 0 Å². The van der Waals surface area contributed by atoms with Gasteiger partial charge >= 0.3 is 0 Å². The van der Waals surface area contributed by atoms with E-state index in [0.29, 0.717) is 12.1 Å². The summed E-state index contributed by atoms with van der Waals surface area (Å²) in [5, 5.41) is 13.9. The topological polar surface area (TPSA) is 52.6 Å². The number of piperidine rings is 1. The number of aliphatic hydroxyl groups is 1. The van der Waals surface area contributed by atoms with Crippen LogP contribution in [0.25, 0.3) is 0 Å². The van der Waals surface area contributed by atoms with E-state index in [-0.39, 0.29) is 17.9 Å². The van der Waals surface area contributed by atoms with Gasteiger partial charge in [-0.05, 0) is 32.1 Å². The van der Waals surface area contributed by atoms with Crippen molar-refractivity contribution in [2.75, 3.05) is 0 Å². The number of hydrogen-bond donors (Lipinski definition) is 2. The maximum Gasteiger partial charge on any atom is 0.268 e. The Bertz CT molecular complexity index is 372. The van der Waals surface area contributed by atoms with Gasteiger partial charge in [0.15, 0.2) is 0 Å². The number of nitrogens with one attached hydrogen (secondary N) is 1. The fourth-order valence-electron chi connectivity index (χ4n) is 4.78. The zero-order valence-corrected chi connectivity index (χ0v) is 10.1. The Kier molecular flexibility index (Phi) is 1.96. The lowest BCUT2D eigenvalue weighted by Crippen LogP contribution is -2.74. The van der Waals surface area contributed by atoms with Crippen LogP contribution in [-0.4, -0.2) is 39.8 Å². The highest BCUT2D eigenvalue weighted by atomic mass is 16.3. The highest BCUT2D eigenvalue weighted by molar-refractivity contribution is 5.87. The smallest absolute Gasteiger partial charge is 0.268 e. The highest BCUT2D eigenvalue weighted by Gasteiger charge is 2.65. The normalized spacial score (nSPS) is 53.1. The van der Waals surface area contributed by atoms with Gasteiger partial charge in [0.2, 0.25) is 5.72 Å². The molecule has 2 bridgehead atoms. The Morgan fingerprint density at radius 2 is 2.06 bits per heavy atom. The second-order valence-electron chi connectivity index (χ2n) is 6.23. The first-order valence-electron chi connectivity index (χ1n) is 7.03. The SMILES string of the molecule is O=C1N[C@@H]2CCCC[C@H]2N2[C@@H]3CC[C@@H](C3)[C@]12O. The maximum atomic E-state index is 12.2. The van der Waals surface area contributed by atoms with Gasteiger partial charge in [0, 0.05) is 24.0 Å². The summed E-state index contributed by atoms with van der Waals surface area (Å²) >= 11 is 0. The Morgan fingerprint density at radius 3 is 2.94 bits per heavy atom. The first-order chi connectivity index (χ1) is 8.21. The molecule has 4 heteroatoms. The van der Waals surface area contributed by atoms with Gasteiger partial charge in [0.1, 0.15) is 0 Å². The summed E-state index contributed by atoms with van der Waals surface area (Å²) in [5.74, 6) is 0.0585. The summed E-state index contributed by atoms with van der Waals surface area (Å²) in [6.45, 7) is 0. The lowest BCUT2D eigenvalue weighted by atomic mass is 9.81. The molecule has 4 rings (SSSR count). The van der Waals surface area contributed by atoms with E-state index in [1.54, 1.807) is 0 Å². The van der Waals surface area contributed by atoms with Crippen LogP contribution in [0.2, 0.25) is 0 Å². The summed E-state index contributed by atoms with van der Waals surface area (Å²) in [6, 6.07) is 1.14. The number of carbonyl (C=O) groups is 1. The predicted molar refractivity (Wildman–Crippen MR) is 62.1 cm³/mol. The van der Waals surface area contributed by atoms with Crippen LogP contribution in [0.5, 0.6) is 0 Å². The van der Waals surface area contributed by atoms with Gasteiger partial charge < -0.3 is 10.4 Å². The van der Waals surface area contributed by atoms with E-state index in [4.69, 9.17) is 0 Å². The standard InChI is InChI=1S/C13H20N2O2/c16-12-13(17)8-5-6-9(7-8)15(13)11-4-2-1-3-10(11)14-12/h8-11,17H,1-7H2,(H,14,16)/t8-,9+,10+,11+,13-/m0/s1. The van der Waals surface area contributed by atoms with Gasteiger partial charge in [0.05, 0.1) is 0 Å². The quantitative estimate of drug-likeness (QED) is 0.647. The van der Waals surface area contributed by atoms with Crippen molar-refractivity contribution in [2.24, 2.45) is 5.92 Å². The molecule has 1 amide bonds. The summed E-state index contributed by atoms with van der Waals surface area (Å²) < 4.78 is 0. The fraction of sp³-hybridized carbons (Fsp3) is 0.923. The van der Waals surface area contributed by atoms with Crippen molar-refractivity contribution >= 4 is 5.91 Å². The summed E-state index contributed by atoms with van der Waals surface area (Å²) in [7, 11) is 0. The molecular weight excluding hydrogens is 216 g/mol. The van der Waals surface area contributed by atoms with Crippen LogP contribution in [-0.2, 0) is 4.79 Å². The number of rotatable bonds is 0. The minimum atomic E-state index is -1.17. The second-order valence-corrected chi connectivity index (χ2v) is 6.23. The molecule has 2 heterocycles. The molecule has 0 aromatic heterocycles. The fourth-order valence-corrected chi connectivity index (χ4v) is 4.78. The van der Waals surface area contributed by atoms with E-state index in [2.05, 4.69) is 10.2 Å². The summed E-state index contributed by atoms with van der Waals surface area (Å²) in [6.07, 6.45) is 7.87. The molecule has 0 aromatic rings. The molecule has 2 saturated heterocycles. The van der Waals surface area contributed by atoms with E-state index in [1.807, 2.05) is 0 Å². The van der Waals surface area contributed by atoms with Crippen LogP contribution >= 0.6 is 0 Å². The largest absolute Gasteiger partial charge is 0.367 e. The van der Waals surface area contributed by atoms with Crippen molar-refractivity contribution < 1.29 is 9.90 Å². The monoisotopic (exact) mass is 236 g/mol. The molecule has 0 aromatic carbocycles. The molecule has 2 aliphatic carbocycles. The number of hydrogen-bond acceptors (Lipinski definition) is 3. The summed E-state index contributed by atoms with van der Waals surface area (Å²) in [4.78, 5) is 14.4. The molecule has 0 unspecified atom stereocenters. The molecule has 4 aliphatic rings. The number of piperazine rings is 1. The van der Waals surface area contributed by atoms with Gasteiger partial charge in [-0.2, -0.15) is 0 Å². The number of nitrogens with zero attached hydrogens (tertiary/aromatic N) is 1. The number of carbonyl (C=O) groups excluding carboxylic acids is 1. The minimum Gasteiger partial charge on any atom is -0.367 e. The lowest BCUT2D eigenvalue weighted by molar-refractivity contribution is -0.199. The molecule has 0 radical (unpaired) electrons. The van der Waals surface area contributed by atoms with Crippen LogP contribution in [0.1, 0.15) is 44.9 Å². The zero-order chi connectivity index (χ0) is 11.6. The van der Waals surface area contributed by atoms with E-state index >= 15 is 0 Å². The van der Waals surface area contributed by atoms with Gasteiger partial charge in [-0.25, -0.2) is 0 Å². The third-order valence-electron chi connectivity index (χ3n) is 5.50. The molecule has 4 fully saturated rings.